The van der Waals surface area contributed by atoms with Crippen molar-refractivity contribution in [3.05, 3.63) is 11.6 Å². The Morgan fingerprint density at radius 1 is 1.54 bits per heavy atom. The van der Waals surface area contributed by atoms with Gasteiger partial charge in [0.15, 0.2) is 0 Å². The predicted octanol–water partition coefficient (Wildman–Crippen LogP) is 1.97. The molecule has 1 N–H and O–H groups in total. The molecule has 0 amide bonds. The van der Waals surface area contributed by atoms with Crippen molar-refractivity contribution in [2.75, 3.05) is 26.3 Å². The topological polar surface area (TPSA) is 21.3 Å². The molecular formula is C11H21NO. The van der Waals surface area contributed by atoms with E-state index in [4.69, 9.17) is 4.74 Å². The van der Waals surface area contributed by atoms with Crippen LogP contribution in [0.4, 0.5) is 0 Å². The van der Waals surface area contributed by atoms with Crippen molar-refractivity contribution in [1.82, 2.24) is 5.32 Å². The SMILES string of the molecule is CC(C)=CCOCCC1CCNC1. The summed E-state index contributed by atoms with van der Waals surface area (Å²) < 4.78 is 5.50. The van der Waals surface area contributed by atoms with Crippen molar-refractivity contribution >= 4 is 0 Å². The lowest BCUT2D eigenvalue weighted by molar-refractivity contribution is 0.147. The number of allylic oxidation sites excluding steroid dienone is 1. The fraction of sp³-hybridized carbons (Fsp3) is 0.818. The Hall–Kier alpha value is -0.340. The van der Waals surface area contributed by atoms with Crippen molar-refractivity contribution in [3.8, 4) is 0 Å². The van der Waals surface area contributed by atoms with Gasteiger partial charge in [0.05, 0.1) is 6.61 Å². The molecule has 1 unspecified atom stereocenters. The molecule has 0 spiro atoms. The highest BCUT2D eigenvalue weighted by molar-refractivity contribution is 4.92. The maximum Gasteiger partial charge on any atom is 0.0649 e. The van der Waals surface area contributed by atoms with Crippen LogP contribution < -0.4 is 5.32 Å². The number of hydrogen-bond acceptors (Lipinski definition) is 2. The second-order valence-electron chi connectivity index (χ2n) is 4.00. The minimum atomic E-state index is 0.780. The smallest absolute Gasteiger partial charge is 0.0649 e. The minimum absolute atomic E-state index is 0.780. The highest BCUT2D eigenvalue weighted by Gasteiger charge is 2.13. The molecule has 13 heavy (non-hydrogen) atoms. The van der Waals surface area contributed by atoms with Crippen LogP contribution >= 0.6 is 0 Å². The molecular weight excluding hydrogens is 162 g/mol. The molecule has 76 valence electrons. The van der Waals surface area contributed by atoms with Crippen molar-refractivity contribution in [2.24, 2.45) is 5.92 Å². The molecule has 1 aliphatic rings. The first-order valence-corrected chi connectivity index (χ1v) is 5.21. The molecule has 0 saturated carbocycles. The molecule has 2 heteroatoms. The van der Waals surface area contributed by atoms with Gasteiger partial charge >= 0.3 is 0 Å². The Morgan fingerprint density at radius 3 is 3.00 bits per heavy atom. The van der Waals surface area contributed by atoms with E-state index in [1.807, 2.05) is 0 Å². The quantitative estimate of drug-likeness (QED) is 0.520. The number of rotatable bonds is 5. The van der Waals surface area contributed by atoms with E-state index in [1.165, 1.54) is 31.5 Å². The van der Waals surface area contributed by atoms with Gasteiger partial charge in [-0.1, -0.05) is 11.6 Å². The standard InChI is InChI=1S/C11H21NO/c1-10(2)4-7-13-8-5-11-3-6-12-9-11/h4,11-12H,3,5-9H2,1-2H3. The van der Waals surface area contributed by atoms with Gasteiger partial charge in [0.1, 0.15) is 0 Å². The normalized spacial score (nSPS) is 21.8. The molecule has 1 heterocycles. The maximum atomic E-state index is 5.50. The van der Waals surface area contributed by atoms with Crippen LogP contribution in [0.3, 0.4) is 0 Å². The molecule has 0 aliphatic carbocycles. The average molecular weight is 183 g/mol. The molecule has 1 aliphatic heterocycles. The van der Waals surface area contributed by atoms with Gasteiger partial charge in [-0.2, -0.15) is 0 Å². The van der Waals surface area contributed by atoms with E-state index in [-0.39, 0.29) is 0 Å². The van der Waals surface area contributed by atoms with Crippen LogP contribution in [-0.2, 0) is 4.74 Å². The molecule has 0 aromatic heterocycles. The third-order valence-corrected chi connectivity index (χ3v) is 2.44. The van der Waals surface area contributed by atoms with Gasteiger partial charge in [-0.3, -0.25) is 0 Å². The number of nitrogens with one attached hydrogen (secondary N) is 1. The van der Waals surface area contributed by atoms with E-state index in [0.29, 0.717) is 0 Å². The molecule has 0 bridgehead atoms. The summed E-state index contributed by atoms with van der Waals surface area (Å²) in [7, 11) is 0. The summed E-state index contributed by atoms with van der Waals surface area (Å²) in [6.45, 7) is 8.28. The van der Waals surface area contributed by atoms with E-state index in [2.05, 4.69) is 25.2 Å². The minimum Gasteiger partial charge on any atom is -0.377 e. The fourth-order valence-corrected chi connectivity index (χ4v) is 1.52. The van der Waals surface area contributed by atoms with E-state index < -0.39 is 0 Å². The zero-order chi connectivity index (χ0) is 9.52. The zero-order valence-electron chi connectivity index (χ0n) is 8.81. The van der Waals surface area contributed by atoms with Crippen molar-refractivity contribution in [1.29, 1.82) is 0 Å². The largest absolute Gasteiger partial charge is 0.377 e. The van der Waals surface area contributed by atoms with Gasteiger partial charge in [0.25, 0.3) is 0 Å². The first kappa shape index (κ1) is 10.7. The highest BCUT2D eigenvalue weighted by Crippen LogP contribution is 2.11. The van der Waals surface area contributed by atoms with Crippen LogP contribution in [0.5, 0.6) is 0 Å². The van der Waals surface area contributed by atoms with Crippen LogP contribution in [0.1, 0.15) is 26.7 Å². The third-order valence-electron chi connectivity index (χ3n) is 2.44. The second kappa shape index (κ2) is 6.17. The molecule has 1 fully saturated rings. The van der Waals surface area contributed by atoms with Crippen LogP contribution in [0, 0.1) is 5.92 Å². The van der Waals surface area contributed by atoms with Crippen molar-refractivity contribution in [2.45, 2.75) is 26.7 Å². The Kier molecular flexibility index (Phi) is 5.09. The maximum absolute atomic E-state index is 5.50. The van der Waals surface area contributed by atoms with E-state index in [1.54, 1.807) is 0 Å². The number of hydrogen-bond donors (Lipinski definition) is 1. The Balaban J connectivity index is 1.91. The summed E-state index contributed by atoms with van der Waals surface area (Å²) in [6, 6.07) is 0. The van der Waals surface area contributed by atoms with E-state index in [9.17, 15) is 0 Å². The summed E-state index contributed by atoms with van der Waals surface area (Å²) >= 11 is 0. The van der Waals surface area contributed by atoms with Gasteiger partial charge in [0.2, 0.25) is 0 Å². The van der Waals surface area contributed by atoms with E-state index >= 15 is 0 Å². The first-order chi connectivity index (χ1) is 6.29. The molecule has 1 rings (SSSR count). The number of ether oxygens (including phenoxy) is 1. The summed E-state index contributed by atoms with van der Waals surface area (Å²) in [5.41, 5.74) is 1.34. The van der Waals surface area contributed by atoms with Gasteiger partial charge in [0, 0.05) is 6.61 Å². The lowest BCUT2D eigenvalue weighted by Gasteiger charge is -2.07. The molecule has 0 aromatic carbocycles. The van der Waals surface area contributed by atoms with Gasteiger partial charge in [-0.05, 0) is 45.7 Å². The summed E-state index contributed by atoms with van der Waals surface area (Å²) in [4.78, 5) is 0. The summed E-state index contributed by atoms with van der Waals surface area (Å²) in [5, 5.41) is 3.36. The predicted molar refractivity (Wildman–Crippen MR) is 55.8 cm³/mol. The molecule has 0 aromatic rings. The molecule has 0 radical (unpaired) electrons. The fourth-order valence-electron chi connectivity index (χ4n) is 1.52. The van der Waals surface area contributed by atoms with E-state index in [0.717, 1.165) is 19.1 Å². The molecule has 1 atom stereocenters. The van der Waals surface area contributed by atoms with Crippen molar-refractivity contribution in [3.63, 3.8) is 0 Å². The van der Waals surface area contributed by atoms with Gasteiger partial charge in [-0.25, -0.2) is 0 Å². The van der Waals surface area contributed by atoms with Crippen molar-refractivity contribution < 1.29 is 4.74 Å². The lowest BCUT2D eigenvalue weighted by atomic mass is 10.1. The summed E-state index contributed by atoms with van der Waals surface area (Å²) in [6.07, 6.45) is 4.67. The average Bonchev–Trinajstić information content (AvgIpc) is 2.55. The second-order valence-corrected chi connectivity index (χ2v) is 4.00. The molecule has 2 nitrogen and oxygen atoms in total. The van der Waals surface area contributed by atoms with Crippen LogP contribution in [0.2, 0.25) is 0 Å². The Bertz CT molecular complexity index is 155. The third kappa shape index (κ3) is 5.06. The monoisotopic (exact) mass is 183 g/mol. The first-order valence-electron chi connectivity index (χ1n) is 5.21. The van der Waals surface area contributed by atoms with Gasteiger partial charge in [-0.15, -0.1) is 0 Å². The van der Waals surface area contributed by atoms with Gasteiger partial charge < -0.3 is 10.1 Å². The Labute approximate surface area is 81.4 Å². The zero-order valence-corrected chi connectivity index (χ0v) is 8.81. The van der Waals surface area contributed by atoms with Crippen LogP contribution in [0.15, 0.2) is 11.6 Å². The van der Waals surface area contributed by atoms with Crippen LogP contribution in [-0.4, -0.2) is 26.3 Å². The van der Waals surface area contributed by atoms with Crippen LogP contribution in [0.25, 0.3) is 0 Å². The lowest BCUT2D eigenvalue weighted by Crippen LogP contribution is -2.10. The highest BCUT2D eigenvalue weighted by atomic mass is 16.5. The Morgan fingerprint density at radius 2 is 2.38 bits per heavy atom. The molecule has 1 saturated heterocycles. The summed E-state index contributed by atoms with van der Waals surface area (Å²) in [5.74, 6) is 0.853.